The largest absolute Gasteiger partial charge is 0.493 e. The highest BCUT2D eigenvalue weighted by Crippen LogP contribution is 2.33. The molecule has 1 rings (SSSR count). The molecular formula is C16H23NO5. The molecule has 1 amide bonds. The summed E-state index contributed by atoms with van der Waals surface area (Å²) in [6, 6.07) is 5.35. The minimum absolute atomic E-state index is 0.0388. The Morgan fingerprint density at radius 2 is 1.82 bits per heavy atom. The number of hydrogen-bond donors (Lipinski definition) is 2. The van der Waals surface area contributed by atoms with E-state index in [-0.39, 0.29) is 12.3 Å². The molecule has 0 aliphatic carbocycles. The maximum atomic E-state index is 12.3. The van der Waals surface area contributed by atoms with Crippen molar-refractivity contribution in [1.82, 2.24) is 5.32 Å². The topological polar surface area (TPSA) is 84.9 Å². The molecule has 6 nitrogen and oxygen atoms in total. The van der Waals surface area contributed by atoms with Crippen molar-refractivity contribution in [1.29, 1.82) is 0 Å². The zero-order valence-corrected chi connectivity index (χ0v) is 13.4. The van der Waals surface area contributed by atoms with Gasteiger partial charge >= 0.3 is 5.97 Å². The Bertz CT molecular complexity index is 539. The second-order valence-corrected chi connectivity index (χ2v) is 5.45. The normalized spacial score (nSPS) is 10.9. The second kappa shape index (κ2) is 7.68. The van der Waals surface area contributed by atoms with Crippen LogP contribution in [0.1, 0.15) is 32.3 Å². The lowest BCUT2D eigenvalue weighted by molar-refractivity contribution is -0.137. The first-order valence-corrected chi connectivity index (χ1v) is 7.05. The van der Waals surface area contributed by atoms with Gasteiger partial charge in [0.25, 0.3) is 0 Å². The van der Waals surface area contributed by atoms with E-state index in [0.29, 0.717) is 24.5 Å². The van der Waals surface area contributed by atoms with Crippen molar-refractivity contribution < 1.29 is 24.2 Å². The zero-order chi connectivity index (χ0) is 16.8. The van der Waals surface area contributed by atoms with E-state index in [9.17, 15) is 9.59 Å². The van der Waals surface area contributed by atoms with Crippen LogP contribution in [0, 0.1) is 0 Å². The van der Waals surface area contributed by atoms with E-state index in [1.54, 1.807) is 40.2 Å². The van der Waals surface area contributed by atoms with Gasteiger partial charge in [-0.2, -0.15) is 0 Å². The third-order valence-electron chi connectivity index (χ3n) is 3.53. The van der Waals surface area contributed by atoms with E-state index in [1.165, 1.54) is 0 Å². The average molecular weight is 309 g/mol. The summed E-state index contributed by atoms with van der Waals surface area (Å²) < 4.78 is 10.4. The summed E-state index contributed by atoms with van der Waals surface area (Å²) >= 11 is 0. The van der Waals surface area contributed by atoms with Gasteiger partial charge in [-0.15, -0.1) is 0 Å². The van der Waals surface area contributed by atoms with Gasteiger partial charge in [0.2, 0.25) is 5.91 Å². The number of ether oxygens (including phenoxy) is 2. The molecular weight excluding hydrogens is 286 g/mol. The average Bonchev–Trinajstić information content (AvgIpc) is 2.50. The van der Waals surface area contributed by atoms with Crippen molar-refractivity contribution in [3.05, 3.63) is 23.8 Å². The van der Waals surface area contributed by atoms with Crippen LogP contribution in [-0.4, -0.2) is 37.7 Å². The SMILES string of the molecule is COc1ccc(C(C)(C)C(=O)NCCCC(=O)O)cc1OC. The molecule has 0 spiro atoms. The number of aliphatic carboxylic acids is 1. The first-order valence-electron chi connectivity index (χ1n) is 7.05. The zero-order valence-electron chi connectivity index (χ0n) is 13.4. The number of hydrogen-bond acceptors (Lipinski definition) is 4. The monoisotopic (exact) mass is 309 g/mol. The predicted octanol–water partition coefficient (Wildman–Crippen LogP) is 1.96. The van der Waals surface area contributed by atoms with Crippen LogP contribution in [0.15, 0.2) is 18.2 Å². The van der Waals surface area contributed by atoms with Gasteiger partial charge in [-0.3, -0.25) is 9.59 Å². The number of carbonyl (C=O) groups is 2. The third kappa shape index (κ3) is 4.38. The van der Waals surface area contributed by atoms with Crippen LogP contribution >= 0.6 is 0 Å². The Labute approximate surface area is 130 Å². The Hall–Kier alpha value is -2.24. The molecule has 6 heteroatoms. The molecule has 0 aliphatic heterocycles. The maximum absolute atomic E-state index is 12.3. The summed E-state index contributed by atoms with van der Waals surface area (Å²) in [6.07, 6.45) is 0.445. The van der Waals surface area contributed by atoms with Gasteiger partial charge in [0.1, 0.15) is 0 Å². The predicted molar refractivity (Wildman–Crippen MR) is 82.5 cm³/mol. The van der Waals surface area contributed by atoms with Gasteiger partial charge < -0.3 is 19.9 Å². The number of carbonyl (C=O) groups excluding carboxylic acids is 1. The molecule has 22 heavy (non-hydrogen) atoms. The molecule has 0 aromatic heterocycles. The first-order chi connectivity index (χ1) is 10.3. The molecule has 0 atom stereocenters. The smallest absolute Gasteiger partial charge is 0.303 e. The quantitative estimate of drug-likeness (QED) is 0.717. The maximum Gasteiger partial charge on any atom is 0.303 e. The molecule has 0 bridgehead atoms. The van der Waals surface area contributed by atoms with Crippen LogP contribution in [-0.2, 0) is 15.0 Å². The van der Waals surface area contributed by atoms with Crippen molar-refractivity contribution in [2.45, 2.75) is 32.1 Å². The van der Waals surface area contributed by atoms with Crippen molar-refractivity contribution >= 4 is 11.9 Å². The van der Waals surface area contributed by atoms with Crippen LogP contribution in [0.4, 0.5) is 0 Å². The molecule has 0 heterocycles. The lowest BCUT2D eigenvalue weighted by atomic mass is 9.83. The van der Waals surface area contributed by atoms with Gasteiger partial charge in [0.15, 0.2) is 11.5 Å². The van der Waals surface area contributed by atoms with E-state index in [4.69, 9.17) is 14.6 Å². The number of methoxy groups -OCH3 is 2. The van der Waals surface area contributed by atoms with Gasteiger partial charge in [0.05, 0.1) is 19.6 Å². The Morgan fingerprint density at radius 3 is 2.36 bits per heavy atom. The molecule has 0 saturated heterocycles. The van der Waals surface area contributed by atoms with E-state index in [0.717, 1.165) is 5.56 Å². The molecule has 1 aromatic rings. The summed E-state index contributed by atoms with van der Waals surface area (Å²) in [5, 5.41) is 11.4. The van der Waals surface area contributed by atoms with E-state index < -0.39 is 11.4 Å². The highest BCUT2D eigenvalue weighted by Gasteiger charge is 2.30. The van der Waals surface area contributed by atoms with Crippen molar-refractivity contribution in [3.63, 3.8) is 0 Å². The number of carboxylic acid groups (broad SMARTS) is 1. The molecule has 0 saturated carbocycles. The Morgan fingerprint density at radius 1 is 1.18 bits per heavy atom. The van der Waals surface area contributed by atoms with E-state index in [1.807, 2.05) is 6.07 Å². The minimum Gasteiger partial charge on any atom is -0.493 e. The van der Waals surface area contributed by atoms with Gasteiger partial charge in [0, 0.05) is 13.0 Å². The molecule has 0 unspecified atom stereocenters. The van der Waals surface area contributed by atoms with Crippen LogP contribution < -0.4 is 14.8 Å². The molecule has 122 valence electrons. The van der Waals surface area contributed by atoms with Crippen LogP contribution in [0.3, 0.4) is 0 Å². The highest BCUT2D eigenvalue weighted by atomic mass is 16.5. The fourth-order valence-corrected chi connectivity index (χ4v) is 2.02. The Kier molecular flexibility index (Phi) is 6.22. The first kappa shape index (κ1) is 17.8. The summed E-state index contributed by atoms with van der Waals surface area (Å²) in [5.74, 6) is 0.133. The second-order valence-electron chi connectivity index (χ2n) is 5.45. The van der Waals surface area contributed by atoms with Crippen molar-refractivity contribution in [2.75, 3.05) is 20.8 Å². The van der Waals surface area contributed by atoms with Gasteiger partial charge in [-0.25, -0.2) is 0 Å². The van der Waals surface area contributed by atoms with Crippen molar-refractivity contribution in [3.8, 4) is 11.5 Å². The fourth-order valence-electron chi connectivity index (χ4n) is 2.02. The van der Waals surface area contributed by atoms with Gasteiger partial charge in [-0.1, -0.05) is 6.07 Å². The number of carboxylic acids is 1. The summed E-state index contributed by atoms with van der Waals surface area (Å²) in [7, 11) is 3.10. The van der Waals surface area contributed by atoms with Gasteiger partial charge in [-0.05, 0) is 38.0 Å². The van der Waals surface area contributed by atoms with Crippen LogP contribution in [0.2, 0.25) is 0 Å². The van der Waals surface area contributed by atoms with E-state index in [2.05, 4.69) is 5.32 Å². The molecule has 1 aromatic carbocycles. The van der Waals surface area contributed by atoms with Crippen molar-refractivity contribution in [2.24, 2.45) is 0 Å². The van der Waals surface area contributed by atoms with E-state index >= 15 is 0 Å². The number of amides is 1. The number of benzene rings is 1. The molecule has 0 aliphatic rings. The van der Waals surface area contributed by atoms with Crippen LogP contribution in [0.25, 0.3) is 0 Å². The molecule has 0 radical (unpaired) electrons. The minimum atomic E-state index is -0.867. The summed E-state index contributed by atoms with van der Waals surface area (Å²) in [6.45, 7) is 3.95. The number of rotatable bonds is 8. The fraction of sp³-hybridized carbons (Fsp3) is 0.500. The summed E-state index contributed by atoms with van der Waals surface area (Å²) in [5.41, 5.74) is 0.0313. The lowest BCUT2D eigenvalue weighted by Gasteiger charge is -2.25. The number of nitrogens with one attached hydrogen (secondary N) is 1. The lowest BCUT2D eigenvalue weighted by Crippen LogP contribution is -2.40. The Balaban J connectivity index is 2.79. The molecule has 0 fully saturated rings. The third-order valence-corrected chi connectivity index (χ3v) is 3.53. The van der Waals surface area contributed by atoms with Crippen LogP contribution in [0.5, 0.6) is 11.5 Å². The highest BCUT2D eigenvalue weighted by molar-refractivity contribution is 5.87. The standard InChI is InChI=1S/C16H23NO5/c1-16(2,15(20)17-9-5-6-14(18)19)11-7-8-12(21-3)13(10-11)22-4/h7-8,10H,5-6,9H2,1-4H3,(H,17,20)(H,18,19). The molecule has 2 N–H and O–H groups in total. The summed E-state index contributed by atoms with van der Waals surface area (Å²) in [4.78, 5) is 22.8.